The van der Waals surface area contributed by atoms with Gasteiger partial charge in [-0.25, -0.2) is 0 Å². The Morgan fingerprint density at radius 1 is 0.889 bits per heavy atom. The Hall–Kier alpha value is -1.94. The summed E-state index contributed by atoms with van der Waals surface area (Å²) in [5.41, 5.74) is 13.1. The summed E-state index contributed by atoms with van der Waals surface area (Å²) in [4.78, 5) is 0. The molecule has 3 nitrogen and oxygen atoms in total. The van der Waals surface area contributed by atoms with Crippen LogP contribution < -0.4 is 21.1 Å². The molecule has 0 aliphatic rings. The molecule has 0 saturated heterocycles. The first-order valence-corrected chi connectivity index (χ1v) is 8.79. The van der Waals surface area contributed by atoms with Crippen molar-refractivity contribution in [3.63, 3.8) is 0 Å². The number of benzene rings is 2. The van der Waals surface area contributed by atoms with Gasteiger partial charge in [0.05, 0.1) is 0 Å². The molecule has 2 rings (SSSR count). The van der Waals surface area contributed by atoms with Gasteiger partial charge in [-0.05, 0) is 42.5 Å². The van der Waals surface area contributed by atoms with E-state index < -0.39 is 8.32 Å². The van der Waals surface area contributed by atoms with E-state index in [0.717, 1.165) is 11.4 Å². The number of nitrogen functional groups attached to an aromatic ring is 2. The van der Waals surface area contributed by atoms with Crippen molar-refractivity contribution in [2.75, 3.05) is 11.5 Å². The molecule has 4 heteroatoms. The second-order valence-electron chi connectivity index (χ2n) is 4.81. The van der Waals surface area contributed by atoms with Gasteiger partial charge in [0.25, 0.3) is 8.32 Å². The number of anilines is 2. The molecule has 0 heterocycles. The van der Waals surface area contributed by atoms with Gasteiger partial charge in [0.2, 0.25) is 0 Å². The van der Waals surface area contributed by atoms with Crippen LogP contribution in [0.5, 0.6) is 5.75 Å². The third kappa shape index (κ3) is 2.84. The fourth-order valence-corrected chi connectivity index (χ4v) is 3.69. The average molecular weight is 258 g/mol. The van der Waals surface area contributed by atoms with Gasteiger partial charge in [-0.3, -0.25) is 0 Å². The van der Waals surface area contributed by atoms with Crippen LogP contribution in [0.25, 0.3) is 0 Å². The van der Waals surface area contributed by atoms with Crippen molar-refractivity contribution in [1.29, 1.82) is 0 Å². The van der Waals surface area contributed by atoms with Crippen LogP contribution >= 0.6 is 0 Å². The highest BCUT2D eigenvalue weighted by Crippen LogP contribution is 2.19. The first kappa shape index (κ1) is 12.5. The Balaban J connectivity index is 2.26. The monoisotopic (exact) mass is 258 g/mol. The minimum atomic E-state index is -2.01. The normalized spacial score (nSPS) is 11.2. The molecule has 0 aliphatic carbocycles. The van der Waals surface area contributed by atoms with Gasteiger partial charge < -0.3 is 15.9 Å². The van der Waals surface area contributed by atoms with Gasteiger partial charge in [0.1, 0.15) is 5.75 Å². The highest BCUT2D eigenvalue weighted by molar-refractivity contribution is 6.85. The van der Waals surface area contributed by atoms with Crippen molar-refractivity contribution in [2.45, 2.75) is 13.1 Å². The summed E-state index contributed by atoms with van der Waals surface area (Å²) >= 11 is 0. The molecule has 2 aromatic rings. The lowest BCUT2D eigenvalue weighted by Crippen LogP contribution is -2.47. The van der Waals surface area contributed by atoms with Crippen LogP contribution in [0.4, 0.5) is 11.4 Å². The summed E-state index contributed by atoms with van der Waals surface area (Å²) in [5.74, 6) is 0.814. The maximum Gasteiger partial charge on any atom is 0.276 e. The van der Waals surface area contributed by atoms with Gasteiger partial charge >= 0.3 is 0 Å². The molecule has 0 aliphatic heterocycles. The van der Waals surface area contributed by atoms with Crippen molar-refractivity contribution in [3.05, 3.63) is 48.5 Å². The Morgan fingerprint density at radius 3 is 2.11 bits per heavy atom. The Morgan fingerprint density at radius 2 is 1.50 bits per heavy atom. The van der Waals surface area contributed by atoms with Gasteiger partial charge in [-0.15, -0.1) is 0 Å². The predicted octanol–water partition coefficient (Wildman–Crippen LogP) is 2.34. The van der Waals surface area contributed by atoms with E-state index in [-0.39, 0.29) is 0 Å². The average Bonchev–Trinajstić information content (AvgIpc) is 2.28. The number of hydrogen-bond acceptors (Lipinski definition) is 3. The molecule has 0 saturated carbocycles. The predicted molar refractivity (Wildman–Crippen MR) is 79.5 cm³/mol. The molecule has 0 bridgehead atoms. The van der Waals surface area contributed by atoms with Crippen LogP contribution in [0, 0.1) is 0 Å². The molecule has 2 aromatic carbocycles. The van der Waals surface area contributed by atoms with E-state index in [2.05, 4.69) is 19.2 Å². The first-order valence-electron chi connectivity index (χ1n) is 5.88. The van der Waals surface area contributed by atoms with E-state index in [1.165, 1.54) is 5.19 Å². The van der Waals surface area contributed by atoms with Crippen molar-refractivity contribution in [1.82, 2.24) is 0 Å². The minimum Gasteiger partial charge on any atom is -0.540 e. The minimum absolute atomic E-state index is 0.713. The number of hydrogen-bond donors (Lipinski definition) is 2. The zero-order chi connectivity index (χ0) is 13.2. The molecular weight excluding hydrogens is 240 g/mol. The van der Waals surface area contributed by atoms with E-state index in [1.807, 2.05) is 42.5 Å². The summed E-state index contributed by atoms with van der Waals surface area (Å²) in [6, 6.07) is 15.4. The van der Waals surface area contributed by atoms with E-state index in [1.54, 1.807) is 0 Å². The lowest BCUT2D eigenvalue weighted by molar-refractivity contribution is 0.565. The molecular formula is C14H18N2OSi. The molecule has 0 aromatic heterocycles. The summed E-state index contributed by atoms with van der Waals surface area (Å²) < 4.78 is 6.13. The van der Waals surface area contributed by atoms with Crippen molar-refractivity contribution < 1.29 is 4.43 Å². The molecule has 18 heavy (non-hydrogen) atoms. The van der Waals surface area contributed by atoms with Crippen LogP contribution in [0.3, 0.4) is 0 Å². The fourth-order valence-electron chi connectivity index (χ4n) is 1.84. The van der Waals surface area contributed by atoms with Crippen molar-refractivity contribution in [2.24, 2.45) is 0 Å². The van der Waals surface area contributed by atoms with Crippen LogP contribution in [-0.2, 0) is 0 Å². The summed E-state index contributed by atoms with van der Waals surface area (Å²) in [6.45, 7) is 4.29. The molecule has 0 unspecified atom stereocenters. The lowest BCUT2D eigenvalue weighted by Gasteiger charge is -2.25. The van der Waals surface area contributed by atoms with Gasteiger partial charge in [-0.2, -0.15) is 0 Å². The summed E-state index contributed by atoms with van der Waals surface area (Å²) in [6.07, 6.45) is 0. The molecule has 94 valence electrons. The molecule has 0 amide bonds. The van der Waals surface area contributed by atoms with E-state index in [9.17, 15) is 0 Å². The molecule has 0 spiro atoms. The molecule has 0 fully saturated rings. The highest BCUT2D eigenvalue weighted by Gasteiger charge is 2.27. The van der Waals surface area contributed by atoms with Crippen molar-refractivity contribution >= 4 is 24.9 Å². The Kier molecular flexibility index (Phi) is 3.29. The number of rotatable bonds is 3. The Bertz CT molecular complexity index is 555. The van der Waals surface area contributed by atoms with E-state index in [0.29, 0.717) is 5.69 Å². The van der Waals surface area contributed by atoms with Crippen LogP contribution in [0.2, 0.25) is 13.1 Å². The van der Waals surface area contributed by atoms with Crippen molar-refractivity contribution in [3.8, 4) is 5.75 Å². The maximum atomic E-state index is 6.13. The molecule has 4 N–H and O–H groups in total. The summed E-state index contributed by atoms with van der Waals surface area (Å²) in [7, 11) is -2.01. The second-order valence-corrected chi connectivity index (χ2v) is 8.61. The quantitative estimate of drug-likeness (QED) is 0.656. The largest absolute Gasteiger partial charge is 0.540 e. The SMILES string of the molecule is C[Si](C)(Oc1cccc(N)c1)c1cccc(N)c1. The maximum absolute atomic E-state index is 6.13. The van der Waals surface area contributed by atoms with E-state index >= 15 is 0 Å². The zero-order valence-electron chi connectivity index (χ0n) is 10.7. The lowest BCUT2D eigenvalue weighted by atomic mass is 10.3. The first-order chi connectivity index (χ1) is 8.47. The Labute approximate surface area is 109 Å². The molecule has 0 atom stereocenters. The van der Waals surface area contributed by atoms with E-state index in [4.69, 9.17) is 15.9 Å². The smallest absolute Gasteiger partial charge is 0.276 e. The third-order valence-electron chi connectivity index (χ3n) is 2.81. The van der Waals surface area contributed by atoms with Gasteiger partial charge in [0, 0.05) is 17.4 Å². The standard InChI is InChI=1S/C14H18N2OSi/c1-18(2,14-8-4-6-12(16)10-14)17-13-7-3-5-11(15)9-13/h3-10H,15-16H2,1-2H3. The summed E-state index contributed by atoms with van der Waals surface area (Å²) in [5, 5.41) is 1.17. The van der Waals surface area contributed by atoms with Gasteiger partial charge in [0.15, 0.2) is 0 Å². The van der Waals surface area contributed by atoms with Crippen LogP contribution in [0.15, 0.2) is 48.5 Å². The fraction of sp³-hybridized carbons (Fsp3) is 0.143. The number of nitrogens with two attached hydrogens (primary N) is 2. The van der Waals surface area contributed by atoms with Crippen LogP contribution in [0.1, 0.15) is 0 Å². The van der Waals surface area contributed by atoms with Gasteiger partial charge in [-0.1, -0.05) is 18.2 Å². The topological polar surface area (TPSA) is 61.3 Å². The van der Waals surface area contributed by atoms with Crippen LogP contribution in [-0.4, -0.2) is 8.32 Å². The zero-order valence-corrected chi connectivity index (χ0v) is 11.7. The third-order valence-corrected chi connectivity index (χ3v) is 5.26. The second kappa shape index (κ2) is 4.74. The molecule has 0 radical (unpaired) electrons. The highest BCUT2D eigenvalue weighted by atomic mass is 28.4.